The fraction of sp³-hybridized carbons (Fsp3) is 0.211. The summed E-state index contributed by atoms with van der Waals surface area (Å²) >= 11 is 0. The molecule has 10 rings (SSSR count). The number of fused-ring (bicyclic) bond motifs is 4. The number of benzene rings is 5. The molecule has 2 atom stereocenters. The highest BCUT2D eigenvalue weighted by Gasteiger charge is 2.71. The first-order valence-electron chi connectivity index (χ1n) is 15.3. The zero-order valence-electron chi connectivity index (χ0n) is 25.9. The van der Waals surface area contributed by atoms with Crippen molar-refractivity contribution in [3.63, 3.8) is 0 Å². The Morgan fingerprint density at radius 2 is 1.16 bits per heavy atom. The van der Waals surface area contributed by atoms with Crippen LogP contribution in [0.2, 0.25) is 26.2 Å². The first-order valence-corrected chi connectivity index (χ1v) is 21.3. The largest absolute Gasteiger partial charge is 0.497 e. The maximum absolute atomic E-state index is 7.10. The summed E-state index contributed by atoms with van der Waals surface area (Å²) in [6.45, 7) is 9.95. The second kappa shape index (κ2) is 8.40. The number of rotatable bonds is 3. The van der Waals surface area contributed by atoms with Gasteiger partial charge in [0.25, 0.3) is 0 Å². The van der Waals surface area contributed by atoms with E-state index < -0.39 is 27.3 Å². The van der Waals surface area contributed by atoms with Crippen molar-refractivity contribution >= 4 is 48.1 Å². The molecule has 0 amide bonds. The van der Waals surface area contributed by atoms with E-state index in [1.807, 2.05) is 0 Å². The second-order valence-corrected chi connectivity index (χ2v) is 22.2. The van der Waals surface area contributed by atoms with E-state index in [0.29, 0.717) is 0 Å². The number of ether oxygens (including phenoxy) is 2. The number of methoxy groups -OCH3 is 2. The third-order valence-corrected chi connectivity index (χ3v) is 18.1. The molecule has 0 fully saturated rings. The predicted molar refractivity (Wildman–Crippen MR) is 181 cm³/mol. The lowest BCUT2D eigenvalue weighted by atomic mass is 9.63. The van der Waals surface area contributed by atoms with Crippen molar-refractivity contribution in [2.24, 2.45) is 0 Å². The summed E-state index contributed by atoms with van der Waals surface area (Å²) in [6, 6.07) is 35.4. The van der Waals surface area contributed by atoms with Crippen LogP contribution in [-0.4, -0.2) is 30.4 Å². The molecule has 6 heteroatoms. The second-order valence-electron chi connectivity index (χ2n) is 13.6. The zero-order valence-corrected chi connectivity index (χ0v) is 27.9. The van der Waals surface area contributed by atoms with Crippen molar-refractivity contribution in [1.29, 1.82) is 0 Å². The van der Waals surface area contributed by atoms with Gasteiger partial charge in [-0.25, -0.2) is 9.78 Å². The van der Waals surface area contributed by atoms with E-state index >= 15 is 0 Å². The number of hydrogen-bond donors (Lipinski definition) is 0. The van der Waals surface area contributed by atoms with Gasteiger partial charge in [-0.15, -0.1) is 0 Å². The molecule has 4 heterocycles. The molecule has 5 aromatic carbocycles. The van der Waals surface area contributed by atoms with Crippen LogP contribution in [0.4, 0.5) is 0 Å². The molecule has 2 spiro atoms. The summed E-state index contributed by atoms with van der Waals surface area (Å²) in [4.78, 5) is 14.2. The summed E-state index contributed by atoms with van der Waals surface area (Å²) in [5.41, 5.74) is 5.54. The number of hydrogen-bond acceptors (Lipinski definition) is 4. The summed E-state index contributed by atoms with van der Waals surface area (Å²) in [5, 5.41) is 7.99. The summed E-state index contributed by atoms with van der Waals surface area (Å²) in [6.07, 6.45) is 0. The van der Waals surface area contributed by atoms with E-state index in [-0.39, 0.29) is 0 Å². The van der Waals surface area contributed by atoms with Gasteiger partial charge in [0.1, 0.15) is 27.6 Å². The minimum atomic E-state index is -2.32. The normalized spacial score (nSPS) is 24.4. The Balaban J connectivity index is 1.58. The van der Waals surface area contributed by atoms with Gasteiger partial charge in [0.05, 0.1) is 14.2 Å². The van der Waals surface area contributed by atoms with E-state index in [0.717, 1.165) is 17.1 Å². The van der Waals surface area contributed by atoms with E-state index in [1.165, 1.54) is 59.4 Å². The standard InChI is InChI=1S/C38H34O4Si2/c1-39-25-18-15-23(16-19-25)33-36-38(29-12-8-10-14-31(29)44(36,5)6)34-27-22-26(40-2)20-17-24(27)21-32-35(34)37(33,41-42-38)28-11-7-9-13-30(28)43(32,3)4/h7-22H,1-6H3/t37-,38-/m0/s1. The molecule has 0 radical (unpaired) electrons. The van der Waals surface area contributed by atoms with Gasteiger partial charge in [0.15, 0.2) is 11.2 Å². The molecular weight excluding hydrogens is 577 g/mol. The average molecular weight is 611 g/mol. The Morgan fingerprint density at radius 1 is 0.568 bits per heavy atom. The topological polar surface area (TPSA) is 36.9 Å². The van der Waals surface area contributed by atoms with Gasteiger partial charge in [0, 0.05) is 16.7 Å². The Bertz CT molecular complexity index is 2110. The summed E-state index contributed by atoms with van der Waals surface area (Å²) in [7, 11) is -1.04. The van der Waals surface area contributed by atoms with Gasteiger partial charge in [0.2, 0.25) is 0 Å². The summed E-state index contributed by atoms with van der Waals surface area (Å²) in [5.74, 6) is 1.69. The fourth-order valence-corrected chi connectivity index (χ4v) is 16.1. The fourth-order valence-electron chi connectivity index (χ4n) is 9.06. The van der Waals surface area contributed by atoms with Crippen molar-refractivity contribution < 1.29 is 19.2 Å². The molecule has 5 aromatic rings. The van der Waals surface area contributed by atoms with E-state index in [9.17, 15) is 0 Å². The van der Waals surface area contributed by atoms with Crippen LogP contribution in [0.3, 0.4) is 0 Å². The molecule has 1 aliphatic carbocycles. The Hall–Kier alpha value is -3.95. The first-order chi connectivity index (χ1) is 21.2. The minimum absolute atomic E-state index is 0.840. The SMILES string of the molecule is COc1ccc(C2=C3[C@]4(OO[C@@]25c2ccccc2[Si](C)(C)c2cc6ccc(OC)cc6c4c25)c2ccccc2[Si]3(C)C)cc1. The molecule has 0 aromatic heterocycles. The monoisotopic (exact) mass is 610 g/mol. The smallest absolute Gasteiger partial charge is 0.179 e. The molecule has 4 aliphatic heterocycles. The zero-order chi connectivity index (χ0) is 30.2. The van der Waals surface area contributed by atoms with Crippen LogP contribution in [0.1, 0.15) is 27.8 Å². The highest BCUT2D eigenvalue weighted by Crippen LogP contribution is 2.68. The first kappa shape index (κ1) is 26.5. The highest BCUT2D eigenvalue weighted by molar-refractivity contribution is 7.02. The molecular formula is C38H34O4Si2. The summed E-state index contributed by atoms with van der Waals surface area (Å²) < 4.78 is 11.5. The van der Waals surface area contributed by atoms with Crippen molar-refractivity contribution in [2.45, 2.75) is 37.4 Å². The molecule has 218 valence electrons. The van der Waals surface area contributed by atoms with Crippen LogP contribution < -0.4 is 25.0 Å². The molecule has 2 bridgehead atoms. The maximum Gasteiger partial charge on any atom is 0.179 e. The molecule has 0 unspecified atom stereocenters. The van der Waals surface area contributed by atoms with Gasteiger partial charge in [-0.2, -0.15) is 0 Å². The van der Waals surface area contributed by atoms with E-state index in [2.05, 4.69) is 123 Å². The third kappa shape index (κ3) is 2.82. The van der Waals surface area contributed by atoms with Gasteiger partial charge in [-0.3, -0.25) is 0 Å². The van der Waals surface area contributed by atoms with Gasteiger partial charge >= 0.3 is 0 Å². The van der Waals surface area contributed by atoms with Crippen LogP contribution in [0.25, 0.3) is 16.3 Å². The quantitative estimate of drug-likeness (QED) is 0.176. The van der Waals surface area contributed by atoms with Gasteiger partial charge in [-0.1, -0.05) is 99.0 Å². The molecule has 44 heavy (non-hydrogen) atoms. The lowest BCUT2D eigenvalue weighted by Crippen LogP contribution is -2.68. The van der Waals surface area contributed by atoms with E-state index in [1.54, 1.807) is 14.2 Å². The van der Waals surface area contributed by atoms with Crippen molar-refractivity contribution in [2.75, 3.05) is 14.2 Å². The van der Waals surface area contributed by atoms with Crippen LogP contribution >= 0.6 is 0 Å². The molecule has 4 nitrogen and oxygen atoms in total. The van der Waals surface area contributed by atoms with Crippen LogP contribution in [0.15, 0.2) is 102 Å². The van der Waals surface area contributed by atoms with E-state index in [4.69, 9.17) is 19.2 Å². The Kier molecular flexibility index (Phi) is 5.05. The Labute approximate surface area is 259 Å². The lowest BCUT2D eigenvalue weighted by molar-refractivity contribution is -0.400. The molecule has 0 saturated heterocycles. The van der Waals surface area contributed by atoms with Gasteiger partial charge in [-0.05, 0) is 72.5 Å². The van der Waals surface area contributed by atoms with Crippen molar-refractivity contribution in [3.8, 4) is 11.5 Å². The maximum atomic E-state index is 7.10. The third-order valence-electron chi connectivity index (χ3n) is 10.9. The molecule has 5 aliphatic rings. The minimum Gasteiger partial charge on any atom is -0.497 e. The highest BCUT2D eigenvalue weighted by atomic mass is 28.3. The van der Waals surface area contributed by atoms with Crippen molar-refractivity contribution in [1.82, 2.24) is 0 Å². The van der Waals surface area contributed by atoms with Crippen LogP contribution in [0.5, 0.6) is 11.5 Å². The molecule has 0 N–H and O–H groups in total. The lowest BCUT2D eigenvalue weighted by Gasteiger charge is -2.58. The predicted octanol–water partition coefficient (Wildman–Crippen LogP) is 6.38. The Morgan fingerprint density at radius 3 is 1.84 bits per heavy atom. The van der Waals surface area contributed by atoms with Gasteiger partial charge < -0.3 is 9.47 Å². The average Bonchev–Trinajstić information content (AvgIpc) is 3.27. The van der Waals surface area contributed by atoms with Crippen molar-refractivity contribution in [3.05, 3.63) is 130 Å². The molecule has 0 saturated carbocycles. The van der Waals surface area contributed by atoms with Crippen LogP contribution in [-0.2, 0) is 21.0 Å². The van der Waals surface area contributed by atoms with Crippen LogP contribution in [0, 0.1) is 0 Å².